The van der Waals surface area contributed by atoms with Gasteiger partial charge in [0.15, 0.2) is 5.11 Å². The molecular weight excluding hydrogens is 307 g/mol. The molecule has 1 aromatic carbocycles. The third-order valence-corrected chi connectivity index (χ3v) is 2.87. The first-order valence-electron chi connectivity index (χ1n) is 4.86. The van der Waals surface area contributed by atoms with Gasteiger partial charge in [-0.25, -0.2) is 0 Å². The first kappa shape index (κ1) is 15.2. The fourth-order valence-corrected chi connectivity index (χ4v) is 1.51. The van der Waals surface area contributed by atoms with E-state index in [4.69, 9.17) is 46.4 Å². The molecule has 0 aromatic heterocycles. The molecule has 0 heterocycles. The van der Waals surface area contributed by atoms with Crippen LogP contribution in [0.25, 0.3) is 0 Å². The van der Waals surface area contributed by atoms with Gasteiger partial charge < -0.3 is 16.4 Å². The molecule has 0 saturated heterocycles. The van der Waals surface area contributed by atoms with Crippen LogP contribution in [-0.2, 0) is 4.79 Å². The molecule has 0 unspecified atom stereocenters. The SMILES string of the molecule is N#C/C(=C/NC(=S)Nc1ccc(Cl)c(Cl)c1)C(N)=O. The Balaban J connectivity index is 2.68. The van der Waals surface area contributed by atoms with Gasteiger partial charge >= 0.3 is 0 Å². The second-order valence-corrected chi connectivity index (χ2v) is 4.48. The lowest BCUT2D eigenvalue weighted by molar-refractivity contribution is -0.114. The van der Waals surface area contributed by atoms with Crippen LogP contribution in [0.15, 0.2) is 30.0 Å². The number of amides is 1. The van der Waals surface area contributed by atoms with Crippen molar-refractivity contribution in [2.24, 2.45) is 5.73 Å². The van der Waals surface area contributed by atoms with Crippen LogP contribution in [0.3, 0.4) is 0 Å². The predicted molar refractivity (Wildman–Crippen MR) is 78.7 cm³/mol. The Bertz CT molecular complexity index is 595. The van der Waals surface area contributed by atoms with E-state index in [1.54, 1.807) is 24.3 Å². The molecule has 4 N–H and O–H groups in total. The molecule has 0 aliphatic carbocycles. The zero-order chi connectivity index (χ0) is 14.4. The number of nitrogens with zero attached hydrogens (tertiary/aromatic N) is 1. The van der Waals surface area contributed by atoms with Crippen molar-refractivity contribution in [3.63, 3.8) is 0 Å². The van der Waals surface area contributed by atoms with Gasteiger partial charge in [-0.05, 0) is 30.4 Å². The summed E-state index contributed by atoms with van der Waals surface area (Å²) < 4.78 is 0. The van der Waals surface area contributed by atoms with Crippen LogP contribution in [0, 0.1) is 11.3 Å². The summed E-state index contributed by atoms with van der Waals surface area (Å²) in [6.07, 6.45) is 1.12. The molecule has 8 heteroatoms. The van der Waals surface area contributed by atoms with Crippen molar-refractivity contribution in [3.05, 3.63) is 40.0 Å². The number of nitrogens with one attached hydrogen (secondary N) is 2. The number of nitriles is 1. The average molecular weight is 315 g/mol. The minimum atomic E-state index is -0.840. The molecule has 0 bridgehead atoms. The third-order valence-electron chi connectivity index (χ3n) is 1.91. The predicted octanol–water partition coefficient (Wildman–Crippen LogP) is 2.17. The fraction of sp³-hybridized carbons (Fsp3) is 0. The van der Waals surface area contributed by atoms with Gasteiger partial charge in [-0.2, -0.15) is 5.26 Å². The van der Waals surface area contributed by atoms with E-state index in [1.807, 2.05) is 0 Å². The monoisotopic (exact) mass is 314 g/mol. The summed E-state index contributed by atoms with van der Waals surface area (Å²) in [5, 5.41) is 14.9. The fourth-order valence-electron chi connectivity index (χ4n) is 1.04. The second kappa shape index (κ2) is 6.95. The molecule has 19 heavy (non-hydrogen) atoms. The summed E-state index contributed by atoms with van der Waals surface area (Å²) in [6, 6.07) is 6.50. The molecule has 1 aromatic rings. The normalized spacial score (nSPS) is 10.5. The van der Waals surface area contributed by atoms with Crippen LogP contribution in [-0.4, -0.2) is 11.0 Å². The van der Waals surface area contributed by atoms with Gasteiger partial charge in [0.2, 0.25) is 0 Å². The number of rotatable bonds is 3. The number of hydrogen-bond acceptors (Lipinski definition) is 3. The molecule has 1 rings (SSSR count). The molecule has 0 aliphatic heterocycles. The topological polar surface area (TPSA) is 90.9 Å². The first-order chi connectivity index (χ1) is 8.93. The maximum absolute atomic E-state index is 10.8. The largest absolute Gasteiger partial charge is 0.365 e. The van der Waals surface area contributed by atoms with E-state index < -0.39 is 5.91 Å². The number of primary amides is 1. The van der Waals surface area contributed by atoms with E-state index in [-0.39, 0.29) is 10.7 Å². The quantitative estimate of drug-likeness (QED) is 0.452. The van der Waals surface area contributed by atoms with Gasteiger partial charge in [-0.15, -0.1) is 0 Å². The Labute approximate surface area is 125 Å². The standard InChI is InChI=1S/C11H8Cl2N4OS/c12-8-2-1-7(3-9(8)13)17-11(19)16-5-6(4-14)10(15)18/h1-3,5H,(H2,15,18)(H2,16,17,19)/b6-5-. The summed E-state index contributed by atoms with van der Waals surface area (Å²) >= 11 is 16.6. The van der Waals surface area contributed by atoms with Crippen molar-refractivity contribution in [1.29, 1.82) is 5.26 Å². The van der Waals surface area contributed by atoms with Gasteiger partial charge in [0.1, 0.15) is 11.6 Å². The molecule has 0 fully saturated rings. The Morgan fingerprint density at radius 3 is 2.63 bits per heavy atom. The molecule has 5 nitrogen and oxygen atoms in total. The highest BCUT2D eigenvalue weighted by atomic mass is 35.5. The van der Waals surface area contributed by atoms with Crippen molar-refractivity contribution in [2.45, 2.75) is 0 Å². The summed E-state index contributed by atoms with van der Waals surface area (Å²) in [7, 11) is 0. The molecule has 98 valence electrons. The summed E-state index contributed by atoms with van der Waals surface area (Å²) in [5.41, 5.74) is 5.33. The van der Waals surface area contributed by atoms with Crippen molar-refractivity contribution < 1.29 is 4.79 Å². The highest BCUT2D eigenvalue weighted by Crippen LogP contribution is 2.24. The highest BCUT2D eigenvalue weighted by molar-refractivity contribution is 7.80. The summed E-state index contributed by atoms with van der Waals surface area (Å²) in [5.74, 6) is -0.840. The Morgan fingerprint density at radius 1 is 1.42 bits per heavy atom. The first-order valence-corrected chi connectivity index (χ1v) is 6.03. The Kier molecular flexibility index (Phi) is 5.57. The van der Waals surface area contributed by atoms with Gasteiger partial charge in [-0.1, -0.05) is 23.2 Å². The lowest BCUT2D eigenvalue weighted by Gasteiger charge is -2.08. The number of halogens is 2. The molecule has 0 saturated carbocycles. The number of nitrogens with two attached hydrogens (primary N) is 1. The average Bonchev–Trinajstić information content (AvgIpc) is 2.34. The van der Waals surface area contributed by atoms with Crippen molar-refractivity contribution >= 4 is 52.1 Å². The third kappa shape index (κ3) is 4.75. The molecule has 0 spiro atoms. The van der Waals surface area contributed by atoms with Crippen molar-refractivity contribution in [2.75, 3.05) is 5.32 Å². The van der Waals surface area contributed by atoms with Crippen molar-refractivity contribution in [1.82, 2.24) is 5.32 Å². The maximum Gasteiger partial charge on any atom is 0.260 e. The van der Waals surface area contributed by atoms with Crippen molar-refractivity contribution in [3.8, 4) is 6.07 Å². The Morgan fingerprint density at radius 2 is 2.11 bits per heavy atom. The smallest absolute Gasteiger partial charge is 0.260 e. The molecule has 0 radical (unpaired) electrons. The van der Waals surface area contributed by atoms with Gasteiger partial charge in [-0.3, -0.25) is 4.79 Å². The van der Waals surface area contributed by atoms with Crippen LogP contribution in [0.4, 0.5) is 5.69 Å². The number of thiocarbonyl (C=S) groups is 1. The number of benzene rings is 1. The van der Waals surface area contributed by atoms with E-state index in [0.29, 0.717) is 15.7 Å². The molecule has 1 amide bonds. The van der Waals surface area contributed by atoms with E-state index in [9.17, 15) is 4.79 Å². The number of anilines is 1. The second-order valence-electron chi connectivity index (χ2n) is 3.26. The van der Waals surface area contributed by atoms with E-state index in [1.165, 1.54) is 0 Å². The number of carbonyl (C=O) groups is 1. The molecule has 0 atom stereocenters. The van der Waals surface area contributed by atoms with Gasteiger partial charge in [0.05, 0.1) is 10.0 Å². The van der Waals surface area contributed by atoms with E-state index in [2.05, 4.69) is 10.6 Å². The van der Waals surface area contributed by atoms with E-state index >= 15 is 0 Å². The lowest BCUT2D eigenvalue weighted by Crippen LogP contribution is -2.25. The molecule has 0 aliphatic rings. The summed E-state index contributed by atoms with van der Waals surface area (Å²) in [6.45, 7) is 0. The van der Waals surface area contributed by atoms with Gasteiger partial charge in [0, 0.05) is 11.9 Å². The zero-order valence-corrected chi connectivity index (χ0v) is 11.7. The van der Waals surface area contributed by atoms with E-state index in [0.717, 1.165) is 6.20 Å². The zero-order valence-electron chi connectivity index (χ0n) is 9.41. The number of hydrogen-bond donors (Lipinski definition) is 3. The van der Waals surface area contributed by atoms with Crippen LogP contribution in [0.2, 0.25) is 10.0 Å². The van der Waals surface area contributed by atoms with Crippen LogP contribution < -0.4 is 16.4 Å². The molecular formula is C11H8Cl2N4OS. The van der Waals surface area contributed by atoms with Crippen LogP contribution in [0.5, 0.6) is 0 Å². The minimum Gasteiger partial charge on any atom is -0.365 e. The Hall–Kier alpha value is -1.81. The van der Waals surface area contributed by atoms with Crippen LogP contribution in [0.1, 0.15) is 0 Å². The maximum atomic E-state index is 10.8. The minimum absolute atomic E-state index is 0.174. The lowest BCUT2D eigenvalue weighted by atomic mass is 10.3. The summed E-state index contributed by atoms with van der Waals surface area (Å²) in [4.78, 5) is 10.8. The highest BCUT2D eigenvalue weighted by Gasteiger charge is 2.04. The van der Waals surface area contributed by atoms with Crippen LogP contribution >= 0.6 is 35.4 Å². The van der Waals surface area contributed by atoms with Gasteiger partial charge in [0.25, 0.3) is 5.91 Å². The number of carbonyl (C=O) groups excluding carboxylic acids is 1.